The summed E-state index contributed by atoms with van der Waals surface area (Å²) in [4.78, 5) is 27.2. The molecule has 0 saturated heterocycles. The van der Waals surface area contributed by atoms with Crippen LogP contribution in [0.1, 0.15) is 23.8 Å². The average Bonchev–Trinajstić information content (AvgIpc) is 3.28. The minimum Gasteiger partial charge on any atom is -0.457 e. The van der Waals surface area contributed by atoms with Crippen molar-refractivity contribution in [2.24, 2.45) is 0 Å². The Kier molecular flexibility index (Phi) is 6.30. The molecule has 1 aromatic heterocycles. The van der Waals surface area contributed by atoms with Crippen molar-refractivity contribution in [1.82, 2.24) is 4.90 Å². The number of halogens is 1. The van der Waals surface area contributed by atoms with Crippen LogP contribution in [0.4, 0.5) is 0 Å². The van der Waals surface area contributed by atoms with Crippen LogP contribution in [0.3, 0.4) is 0 Å². The number of nitriles is 1. The van der Waals surface area contributed by atoms with Gasteiger partial charge in [-0.25, -0.2) is 0 Å². The summed E-state index contributed by atoms with van der Waals surface area (Å²) in [6.45, 7) is 3.70. The van der Waals surface area contributed by atoms with E-state index in [4.69, 9.17) is 16.0 Å². The summed E-state index contributed by atoms with van der Waals surface area (Å²) in [6.07, 6.45) is 2.09. The summed E-state index contributed by atoms with van der Waals surface area (Å²) in [5.74, 6) is 0.0538. The van der Waals surface area contributed by atoms with Gasteiger partial charge in [0.05, 0.1) is 0 Å². The summed E-state index contributed by atoms with van der Waals surface area (Å²) in [5.41, 5.74) is 3.32. The lowest BCUT2D eigenvalue weighted by atomic mass is 9.94. The topological polar surface area (TPSA) is 74.3 Å². The minimum absolute atomic E-state index is 0.0358. The highest BCUT2D eigenvalue weighted by Crippen LogP contribution is 2.32. The molecule has 4 rings (SSSR count). The minimum atomic E-state index is -0.567. The first-order valence-electron chi connectivity index (χ1n) is 10.5. The van der Waals surface area contributed by atoms with E-state index in [9.17, 15) is 14.9 Å². The number of benzene rings is 2. The van der Waals surface area contributed by atoms with Gasteiger partial charge in [0.25, 0.3) is 11.8 Å². The third kappa shape index (κ3) is 4.39. The molecule has 2 heterocycles. The van der Waals surface area contributed by atoms with Crippen molar-refractivity contribution < 1.29 is 14.0 Å². The first-order chi connectivity index (χ1) is 15.9. The summed E-state index contributed by atoms with van der Waals surface area (Å²) in [7, 11) is 0. The molecule has 6 heteroatoms. The maximum Gasteiger partial charge on any atom is 0.271 e. The predicted octanol–water partition coefficient (Wildman–Crippen LogP) is 5.74. The van der Waals surface area contributed by atoms with E-state index in [1.807, 2.05) is 61.5 Å². The first-order valence-corrected chi connectivity index (χ1v) is 10.9. The van der Waals surface area contributed by atoms with Gasteiger partial charge in [-0.05, 0) is 61.2 Å². The fraction of sp³-hybridized carbons (Fsp3) is 0.148. The van der Waals surface area contributed by atoms with Crippen LogP contribution in [0.2, 0.25) is 5.02 Å². The zero-order valence-corrected chi connectivity index (χ0v) is 19.0. The van der Waals surface area contributed by atoms with Gasteiger partial charge in [-0.3, -0.25) is 14.5 Å². The summed E-state index contributed by atoms with van der Waals surface area (Å²) < 4.78 is 5.97. The molecule has 0 atom stereocenters. The Morgan fingerprint density at radius 1 is 1.00 bits per heavy atom. The average molecular weight is 457 g/mol. The van der Waals surface area contributed by atoms with Crippen molar-refractivity contribution in [2.75, 3.05) is 6.54 Å². The molecule has 1 aliphatic rings. The van der Waals surface area contributed by atoms with Crippen LogP contribution >= 0.6 is 11.6 Å². The quantitative estimate of drug-likeness (QED) is 0.362. The van der Waals surface area contributed by atoms with E-state index < -0.39 is 11.8 Å². The Labute approximate surface area is 197 Å². The lowest BCUT2D eigenvalue weighted by Crippen LogP contribution is -2.43. The first kappa shape index (κ1) is 22.3. The smallest absolute Gasteiger partial charge is 0.271 e. The van der Waals surface area contributed by atoms with Crippen molar-refractivity contribution in [2.45, 2.75) is 20.3 Å². The molecule has 33 heavy (non-hydrogen) atoms. The van der Waals surface area contributed by atoms with Gasteiger partial charge >= 0.3 is 0 Å². The van der Waals surface area contributed by atoms with E-state index in [2.05, 4.69) is 0 Å². The van der Waals surface area contributed by atoms with Crippen LogP contribution < -0.4 is 0 Å². The number of amides is 2. The molecule has 0 N–H and O–H groups in total. The molecule has 164 valence electrons. The maximum atomic E-state index is 13.2. The van der Waals surface area contributed by atoms with E-state index >= 15 is 0 Å². The second-order valence-electron chi connectivity index (χ2n) is 7.78. The SMILES string of the molecule is CC1=C(C#N)C(=O)N(CCc2ccccc2)C(=O)C1=Cc1ccc(-c2cccc(Cl)c2C)o1. The summed E-state index contributed by atoms with van der Waals surface area (Å²) in [5, 5.41) is 10.2. The van der Waals surface area contributed by atoms with Crippen molar-refractivity contribution in [3.8, 4) is 17.4 Å². The Morgan fingerprint density at radius 2 is 1.76 bits per heavy atom. The lowest BCUT2D eigenvalue weighted by molar-refractivity contribution is -0.140. The molecule has 0 fully saturated rings. The summed E-state index contributed by atoms with van der Waals surface area (Å²) >= 11 is 6.23. The third-order valence-electron chi connectivity index (χ3n) is 5.74. The lowest BCUT2D eigenvalue weighted by Gasteiger charge is -2.27. The Morgan fingerprint density at radius 3 is 2.48 bits per heavy atom. The highest BCUT2D eigenvalue weighted by molar-refractivity contribution is 6.31. The Balaban J connectivity index is 1.67. The molecule has 0 spiro atoms. The van der Waals surface area contributed by atoms with Gasteiger partial charge in [-0.2, -0.15) is 5.26 Å². The molecule has 0 bridgehead atoms. The molecule has 5 nitrogen and oxygen atoms in total. The fourth-order valence-electron chi connectivity index (χ4n) is 3.81. The molecule has 3 aromatic rings. The number of nitrogens with zero attached hydrogens (tertiary/aromatic N) is 2. The van der Waals surface area contributed by atoms with Crippen molar-refractivity contribution in [3.63, 3.8) is 0 Å². The van der Waals surface area contributed by atoms with Crippen molar-refractivity contribution in [1.29, 1.82) is 5.26 Å². The number of rotatable bonds is 5. The largest absolute Gasteiger partial charge is 0.457 e. The van der Waals surface area contributed by atoms with E-state index in [0.29, 0.717) is 28.5 Å². The van der Waals surface area contributed by atoms with Gasteiger partial charge in [0.2, 0.25) is 0 Å². The zero-order chi connectivity index (χ0) is 23.5. The number of hydrogen-bond donors (Lipinski definition) is 0. The fourth-order valence-corrected chi connectivity index (χ4v) is 3.98. The van der Waals surface area contributed by atoms with Crippen LogP contribution in [0.25, 0.3) is 17.4 Å². The van der Waals surface area contributed by atoms with Gasteiger partial charge in [-0.1, -0.05) is 54.1 Å². The van der Waals surface area contributed by atoms with Crippen molar-refractivity contribution in [3.05, 3.63) is 99.3 Å². The Bertz CT molecular complexity index is 1340. The van der Waals surface area contributed by atoms with Crippen LogP contribution in [0.5, 0.6) is 0 Å². The molecule has 0 aliphatic carbocycles. The second-order valence-corrected chi connectivity index (χ2v) is 8.19. The zero-order valence-electron chi connectivity index (χ0n) is 18.3. The van der Waals surface area contributed by atoms with Gasteiger partial charge in [0, 0.05) is 22.7 Å². The highest BCUT2D eigenvalue weighted by atomic mass is 35.5. The molecule has 0 radical (unpaired) electrons. The van der Waals surface area contributed by atoms with E-state index in [0.717, 1.165) is 21.6 Å². The molecule has 2 amide bonds. The number of carbonyl (C=O) groups is 2. The van der Waals surface area contributed by atoms with Crippen LogP contribution in [0, 0.1) is 18.3 Å². The van der Waals surface area contributed by atoms with Gasteiger partial charge < -0.3 is 4.42 Å². The molecule has 0 unspecified atom stereocenters. The van der Waals surface area contributed by atoms with Gasteiger partial charge in [-0.15, -0.1) is 0 Å². The number of hydrogen-bond acceptors (Lipinski definition) is 4. The highest BCUT2D eigenvalue weighted by Gasteiger charge is 2.35. The standard InChI is InChI=1S/C27H21ClN2O3/c1-17-22(15-20-11-12-25(33-20)21-9-6-10-24(28)18(21)2)26(31)30(27(32)23(17)16-29)14-13-19-7-4-3-5-8-19/h3-12,15H,13-14H2,1-2H3. The van der Waals surface area contributed by atoms with Crippen LogP contribution in [-0.4, -0.2) is 23.3 Å². The van der Waals surface area contributed by atoms with E-state index in [-0.39, 0.29) is 17.7 Å². The number of imide groups is 1. The predicted molar refractivity (Wildman–Crippen MR) is 127 cm³/mol. The maximum absolute atomic E-state index is 13.2. The molecule has 1 aliphatic heterocycles. The third-order valence-corrected chi connectivity index (χ3v) is 6.15. The monoisotopic (exact) mass is 456 g/mol. The molecular formula is C27H21ClN2O3. The summed E-state index contributed by atoms with van der Waals surface area (Å²) in [6, 6.07) is 20.7. The number of furan rings is 1. The Hall–Kier alpha value is -3.88. The van der Waals surface area contributed by atoms with Gasteiger partial charge in [0.15, 0.2) is 0 Å². The molecular weight excluding hydrogens is 436 g/mol. The number of carbonyl (C=O) groups excluding carboxylic acids is 2. The normalized spacial score (nSPS) is 15.3. The molecule has 2 aromatic carbocycles. The van der Waals surface area contributed by atoms with Crippen molar-refractivity contribution >= 4 is 29.5 Å². The second kappa shape index (κ2) is 9.32. The van der Waals surface area contributed by atoms with E-state index in [1.165, 1.54) is 0 Å². The van der Waals surface area contributed by atoms with Gasteiger partial charge in [0.1, 0.15) is 23.2 Å². The van der Waals surface area contributed by atoms with Crippen LogP contribution in [-0.2, 0) is 16.0 Å². The van der Waals surface area contributed by atoms with E-state index in [1.54, 1.807) is 25.1 Å². The van der Waals surface area contributed by atoms with Crippen LogP contribution in [0.15, 0.2) is 81.8 Å². The molecule has 0 saturated carbocycles.